The fourth-order valence-corrected chi connectivity index (χ4v) is 3.51. The van der Waals surface area contributed by atoms with Crippen LogP contribution >= 0.6 is 0 Å². The number of fused-ring (bicyclic) bond motifs is 1. The third-order valence-electron chi connectivity index (χ3n) is 4.85. The predicted molar refractivity (Wildman–Crippen MR) is 108 cm³/mol. The van der Waals surface area contributed by atoms with Gasteiger partial charge in [0.25, 0.3) is 0 Å². The SMILES string of the molecule is CC[N+]1=C(/C=C/C=C/Nc2ccccc2)C(C)(C)c2cc(C)ccc21. The number of hydrogen-bond acceptors (Lipinski definition) is 1. The van der Waals surface area contributed by atoms with Crippen LogP contribution < -0.4 is 5.32 Å². The van der Waals surface area contributed by atoms with E-state index in [4.69, 9.17) is 0 Å². The molecule has 1 aliphatic rings. The van der Waals surface area contributed by atoms with Gasteiger partial charge in [0.1, 0.15) is 6.54 Å². The van der Waals surface area contributed by atoms with Crippen molar-refractivity contribution < 1.29 is 4.58 Å². The number of para-hydroxylation sites is 1. The Bertz CT molecular complexity index is 840. The van der Waals surface area contributed by atoms with Gasteiger partial charge < -0.3 is 5.32 Å². The van der Waals surface area contributed by atoms with Crippen LogP contribution in [0.5, 0.6) is 0 Å². The monoisotopic (exact) mass is 331 g/mol. The maximum Gasteiger partial charge on any atom is 0.209 e. The van der Waals surface area contributed by atoms with E-state index in [2.05, 4.69) is 86.1 Å². The van der Waals surface area contributed by atoms with Gasteiger partial charge in [-0.2, -0.15) is 4.58 Å². The Labute approximate surface area is 151 Å². The summed E-state index contributed by atoms with van der Waals surface area (Å²) in [6, 6.07) is 17.0. The van der Waals surface area contributed by atoms with Gasteiger partial charge in [0, 0.05) is 29.6 Å². The van der Waals surface area contributed by atoms with Crippen molar-refractivity contribution in [1.82, 2.24) is 0 Å². The topological polar surface area (TPSA) is 15.0 Å². The number of aryl methyl sites for hydroxylation is 1. The maximum atomic E-state index is 3.29. The molecular formula is C23H27N2+. The van der Waals surface area contributed by atoms with Gasteiger partial charge in [0.15, 0.2) is 5.71 Å². The lowest BCUT2D eigenvalue weighted by Gasteiger charge is -2.15. The molecule has 3 rings (SSSR count). The van der Waals surface area contributed by atoms with Gasteiger partial charge in [0.05, 0.1) is 5.41 Å². The third-order valence-corrected chi connectivity index (χ3v) is 4.85. The van der Waals surface area contributed by atoms with E-state index < -0.39 is 0 Å². The number of anilines is 1. The van der Waals surface area contributed by atoms with Crippen molar-refractivity contribution in [2.75, 3.05) is 11.9 Å². The Morgan fingerprint density at radius 2 is 1.80 bits per heavy atom. The van der Waals surface area contributed by atoms with Crippen molar-refractivity contribution >= 4 is 17.1 Å². The summed E-state index contributed by atoms with van der Waals surface area (Å²) < 4.78 is 2.42. The lowest BCUT2D eigenvalue weighted by molar-refractivity contribution is -0.433. The average Bonchev–Trinajstić information content (AvgIpc) is 2.82. The molecule has 1 aliphatic heterocycles. The van der Waals surface area contributed by atoms with Crippen LogP contribution in [0.2, 0.25) is 0 Å². The summed E-state index contributed by atoms with van der Waals surface area (Å²) in [6.07, 6.45) is 8.39. The van der Waals surface area contributed by atoms with Crippen LogP contribution in [0.4, 0.5) is 11.4 Å². The second-order valence-electron chi connectivity index (χ2n) is 7.00. The highest BCUT2D eigenvalue weighted by Gasteiger charge is 2.43. The number of hydrogen-bond donors (Lipinski definition) is 1. The van der Waals surface area contributed by atoms with Gasteiger partial charge in [-0.25, -0.2) is 0 Å². The van der Waals surface area contributed by atoms with Crippen LogP contribution in [0.25, 0.3) is 0 Å². The first kappa shape index (κ1) is 17.2. The summed E-state index contributed by atoms with van der Waals surface area (Å²) in [4.78, 5) is 0. The molecule has 0 fully saturated rings. The van der Waals surface area contributed by atoms with E-state index in [0.717, 1.165) is 12.2 Å². The smallest absolute Gasteiger partial charge is 0.209 e. The maximum absolute atomic E-state index is 3.29. The molecule has 2 heteroatoms. The molecule has 0 aliphatic carbocycles. The molecular weight excluding hydrogens is 304 g/mol. The molecule has 0 saturated carbocycles. The van der Waals surface area contributed by atoms with Crippen LogP contribution in [0.15, 0.2) is 73.0 Å². The van der Waals surface area contributed by atoms with Crippen molar-refractivity contribution in [3.63, 3.8) is 0 Å². The highest BCUT2D eigenvalue weighted by atomic mass is 15.0. The zero-order chi connectivity index (χ0) is 17.9. The first-order chi connectivity index (χ1) is 12.0. The summed E-state index contributed by atoms with van der Waals surface area (Å²) in [7, 11) is 0. The fraction of sp³-hybridized carbons (Fsp3) is 0.261. The van der Waals surface area contributed by atoms with E-state index in [1.807, 2.05) is 24.4 Å². The Hall–Kier alpha value is -2.61. The van der Waals surface area contributed by atoms with E-state index in [-0.39, 0.29) is 5.41 Å². The molecule has 0 aromatic heterocycles. The Balaban J connectivity index is 1.81. The van der Waals surface area contributed by atoms with Crippen molar-refractivity contribution in [3.8, 4) is 0 Å². The number of nitrogens with one attached hydrogen (secondary N) is 1. The Morgan fingerprint density at radius 1 is 1.04 bits per heavy atom. The molecule has 0 spiro atoms. The molecule has 0 atom stereocenters. The molecule has 0 saturated heterocycles. The van der Waals surface area contributed by atoms with Gasteiger partial charge in [-0.3, -0.25) is 0 Å². The van der Waals surface area contributed by atoms with Crippen LogP contribution in [0.1, 0.15) is 31.9 Å². The molecule has 0 unspecified atom stereocenters. The number of rotatable bonds is 5. The summed E-state index contributed by atoms with van der Waals surface area (Å²) in [6.45, 7) is 9.98. The zero-order valence-electron chi connectivity index (χ0n) is 15.6. The van der Waals surface area contributed by atoms with Crippen LogP contribution in [0, 0.1) is 6.92 Å². The zero-order valence-corrected chi connectivity index (χ0v) is 15.6. The fourth-order valence-electron chi connectivity index (χ4n) is 3.51. The van der Waals surface area contributed by atoms with Gasteiger partial charge >= 0.3 is 0 Å². The molecule has 1 N–H and O–H groups in total. The Morgan fingerprint density at radius 3 is 2.52 bits per heavy atom. The second kappa shape index (κ2) is 7.10. The highest BCUT2D eigenvalue weighted by Crippen LogP contribution is 2.40. The Kier molecular flexibility index (Phi) is 4.89. The lowest BCUT2D eigenvalue weighted by atomic mass is 9.81. The largest absolute Gasteiger partial charge is 0.362 e. The molecule has 2 aromatic rings. The predicted octanol–water partition coefficient (Wildman–Crippen LogP) is 5.57. The molecule has 1 heterocycles. The summed E-state index contributed by atoms with van der Waals surface area (Å²) >= 11 is 0. The van der Waals surface area contributed by atoms with Crippen molar-refractivity contribution in [1.29, 1.82) is 0 Å². The molecule has 128 valence electrons. The minimum absolute atomic E-state index is 0.0224. The van der Waals surface area contributed by atoms with Crippen LogP contribution in [0.3, 0.4) is 0 Å². The standard InChI is InChI=1S/C23H26N2/c1-5-25-21-15-14-18(2)17-20(21)23(3,4)22(25)13-9-10-16-24-19-11-7-6-8-12-19/h6-17H,5H2,1-4H3/p+1. The van der Waals surface area contributed by atoms with Gasteiger partial charge in [-0.15, -0.1) is 0 Å². The molecule has 0 bridgehead atoms. The molecule has 2 aromatic carbocycles. The van der Waals surface area contributed by atoms with Crippen molar-refractivity contribution in [2.24, 2.45) is 0 Å². The van der Waals surface area contributed by atoms with Crippen LogP contribution in [-0.4, -0.2) is 16.8 Å². The second-order valence-corrected chi connectivity index (χ2v) is 7.00. The van der Waals surface area contributed by atoms with E-state index in [1.54, 1.807) is 0 Å². The van der Waals surface area contributed by atoms with Crippen LogP contribution in [-0.2, 0) is 5.41 Å². The first-order valence-corrected chi connectivity index (χ1v) is 8.95. The van der Waals surface area contributed by atoms with E-state index in [9.17, 15) is 0 Å². The molecule has 0 radical (unpaired) electrons. The number of nitrogens with zero attached hydrogens (tertiary/aromatic N) is 1. The summed E-state index contributed by atoms with van der Waals surface area (Å²) in [5, 5.41) is 3.29. The van der Waals surface area contributed by atoms with Crippen molar-refractivity contribution in [3.05, 3.63) is 84.1 Å². The third kappa shape index (κ3) is 3.43. The van der Waals surface area contributed by atoms with E-state index >= 15 is 0 Å². The highest BCUT2D eigenvalue weighted by molar-refractivity contribution is 6.03. The summed E-state index contributed by atoms with van der Waals surface area (Å²) in [5.74, 6) is 0. The van der Waals surface area contributed by atoms with Gasteiger partial charge in [0.2, 0.25) is 5.69 Å². The van der Waals surface area contributed by atoms with E-state index in [0.29, 0.717) is 0 Å². The van der Waals surface area contributed by atoms with Gasteiger partial charge in [-0.05, 0) is 52.0 Å². The van der Waals surface area contributed by atoms with E-state index in [1.165, 1.54) is 22.5 Å². The minimum Gasteiger partial charge on any atom is -0.362 e. The number of benzene rings is 2. The minimum atomic E-state index is 0.0224. The normalized spacial score (nSPS) is 16.0. The first-order valence-electron chi connectivity index (χ1n) is 8.95. The molecule has 25 heavy (non-hydrogen) atoms. The molecule has 2 nitrogen and oxygen atoms in total. The molecule has 0 amide bonds. The van der Waals surface area contributed by atoms with Crippen molar-refractivity contribution in [2.45, 2.75) is 33.1 Å². The quantitative estimate of drug-likeness (QED) is 0.559. The number of allylic oxidation sites excluding steroid dienone is 3. The lowest BCUT2D eigenvalue weighted by Crippen LogP contribution is -2.27. The summed E-state index contributed by atoms with van der Waals surface area (Å²) in [5.41, 5.74) is 6.54. The van der Waals surface area contributed by atoms with Gasteiger partial charge in [-0.1, -0.05) is 35.9 Å². The average molecular weight is 331 g/mol.